The second kappa shape index (κ2) is 5.65. The maximum atomic E-state index is 12.5. The van der Waals surface area contributed by atoms with Gasteiger partial charge in [0, 0.05) is 0 Å². The Hall–Kier alpha value is -1.03. The molecule has 0 aliphatic carbocycles. The number of thioether (sulfide) groups is 1. The van der Waals surface area contributed by atoms with Gasteiger partial charge < -0.3 is 5.11 Å². The van der Waals surface area contributed by atoms with Crippen molar-refractivity contribution >= 4 is 17.7 Å². The fourth-order valence-electron chi connectivity index (χ4n) is 1.00. The van der Waals surface area contributed by atoms with E-state index in [1.807, 2.05) is 0 Å². The summed E-state index contributed by atoms with van der Waals surface area (Å²) in [6.45, 7) is 0. The Balaban J connectivity index is 2.25. The van der Waals surface area contributed by atoms with Gasteiger partial charge in [0.15, 0.2) is 0 Å². The zero-order chi connectivity index (χ0) is 10.4. The van der Waals surface area contributed by atoms with Gasteiger partial charge in [-0.15, -0.1) is 11.8 Å². The maximum absolute atomic E-state index is 12.5. The first kappa shape index (κ1) is 11.0. The highest BCUT2D eigenvalue weighted by Gasteiger charge is 1.98. The minimum absolute atomic E-state index is 0.126. The van der Waals surface area contributed by atoms with Crippen LogP contribution in [0.5, 0.6) is 0 Å². The molecule has 0 saturated heterocycles. The van der Waals surface area contributed by atoms with Crippen molar-refractivity contribution in [1.29, 1.82) is 0 Å². The topological polar surface area (TPSA) is 37.3 Å². The molecule has 1 aromatic carbocycles. The van der Waals surface area contributed by atoms with Crippen molar-refractivity contribution in [2.45, 2.75) is 6.42 Å². The molecule has 14 heavy (non-hydrogen) atoms. The molecule has 2 nitrogen and oxygen atoms in total. The number of carbonyl (C=O) groups is 1. The van der Waals surface area contributed by atoms with Gasteiger partial charge in [0.2, 0.25) is 0 Å². The predicted octanol–water partition coefficient (Wildman–Crippen LogP) is 2.19. The molecule has 0 aliphatic rings. The lowest BCUT2D eigenvalue weighted by Crippen LogP contribution is -1.99. The van der Waals surface area contributed by atoms with Gasteiger partial charge in [-0.2, -0.15) is 0 Å². The van der Waals surface area contributed by atoms with Crippen LogP contribution in [0, 0.1) is 5.82 Å². The maximum Gasteiger partial charge on any atom is 0.313 e. The Bertz CT molecular complexity index is 297. The summed E-state index contributed by atoms with van der Waals surface area (Å²) in [6, 6.07) is 6.27. The van der Waals surface area contributed by atoms with Crippen molar-refractivity contribution in [3.05, 3.63) is 35.6 Å². The van der Waals surface area contributed by atoms with E-state index in [0.717, 1.165) is 17.7 Å². The number of hydrogen-bond donors (Lipinski definition) is 1. The van der Waals surface area contributed by atoms with Gasteiger partial charge in [-0.05, 0) is 29.9 Å². The van der Waals surface area contributed by atoms with Gasteiger partial charge in [0.25, 0.3) is 0 Å². The van der Waals surface area contributed by atoms with E-state index in [2.05, 4.69) is 0 Å². The molecule has 0 fully saturated rings. The number of halogens is 1. The lowest BCUT2D eigenvalue weighted by molar-refractivity contribution is -0.133. The van der Waals surface area contributed by atoms with Crippen molar-refractivity contribution in [2.24, 2.45) is 0 Å². The Kier molecular flexibility index (Phi) is 4.46. The Morgan fingerprint density at radius 2 is 2.00 bits per heavy atom. The van der Waals surface area contributed by atoms with E-state index < -0.39 is 5.97 Å². The minimum atomic E-state index is -0.797. The molecule has 1 N–H and O–H groups in total. The molecule has 0 aromatic heterocycles. The molecule has 0 spiro atoms. The number of carboxylic acids is 1. The Morgan fingerprint density at radius 3 is 2.57 bits per heavy atom. The van der Waals surface area contributed by atoms with E-state index >= 15 is 0 Å². The van der Waals surface area contributed by atoms with Crippen molar-refractivity contribution in [2.75, 3.05) is 11.5 Å². The standard InChI is InChI=1S/C10H11FO2S/c11-9-3-1-8(2-4-9)5-6-14-7-10(12)13/h1-4H,5-7H2,(H,12,13). The summed E-state index contributed by atoms with van der Waals surface area (Å²) >= 11 is 1.37. The second-order valence-electron chi connectivity index (χ2n) is 2.82. The molecule has 76 valence electrons. The lowest BCUT2D eigenvalue weighted by Gasteiger charge is -1.99. The van der Waals surface area contributed by atoms with Gasteiger partial charge in [-0.3, -0.25) is 4.79 Å². The van der Waals surface area contributed by atoms with Crippen LogP contribution in [0.4, 0.5) is 4.39 Å². The van der Waals surface area contributed by atoms with Gasteiger partial charge in [-0.25, -0.2) is 4.39 Å². The molecule has 1 rings (SSSR count). The summed E-state index contributed by atoms with van der Waals surface area (Å²) in [4.78, 5) is 10.2. The summed E-state index contributed by atoms with van der Waals surface area (Å²) in [5.74, 6) is -0.167. The average molecular weight is 214 g/mol. The van der Waals surface area contributed by atoms with Crippen molar-refractivity contribution in [3.63, 3.8) is 0 Å². The van der Waals surface area contributed by atoms with Gasteiger partial charge in [0.05, 0.1) is 5.75 Å². The first-order chi connectivity index (χ1) is 6.68. The summed E-state index contributed by atoms with van der Waals surface area (Å²) in [7, 11) is 0. The molecular weight excluding hydrogens is 203 g/mol. The molecule has 0 bridgehead atoms. The number of aryl methyl sites for hydroxylation is 1. The summed E-state index contributed by atoms with van der Waals surface area (Å²) < 4.78 is 12.5. The van der Waals surface area contributed by atoms with Gasteiger partial charge in [-0.1, -0.05) is 12.1 Å². The third kappa shape index (κ3) is 4.28. The molecule has 0 unspecified atom stereocenters. The van der Waals surface area contributed by atoms with E-state index in [1.54, 1.807) is 12.1 Å². The second-order valence-corrected chi connectivity index (χ2v) is 3.93. The zero-order valence-corrected chi connectivity index (χ0v) is 8.39. The van der Waals surface area contributed by atoms with Gasteiger partial charge in [0.1, 0.15) is 5.82 Å². The third-order valence-corrected chi connectivity index (χ3v) is 2.62. The highest BCUT2D eigenvalue weighted by molar-refractivity contribution is 7.99. The van der Waals surface area contributed by atoms with E-state index in [-0.39, 0.29) is 11.6 Å². The fraction of sp³-hybridized carbons (Fsp3) is 0.300. The normalized spacial score (nSPS) is 10.1. The summed E-state index contributed by atoms with van der Waals surface area (Å²) in [5, 5.41) is 8.38. The Labute approximate surface area is 86.1 Å². The average Bonchev–Trinajstić information content (AvgIpc) is 2.15. The van der Waals surface area contributed by atoms with Crippen LogP contribution in [-0.4, -0.2) is 22.6 Å². The molecular formula is C10H11FO2S. The first-order valence-corrected chi connectivity index (χ1v) is 5.38. The van der Waals surface area contributed by atoms with Crippen LogP contribution in [-0.2, 0) is 11.2 Å². The van der Waals surface area contributed by atoms with Crippen molar-refractivity contribution in [3.8, 4) is 0 Å². The van der Waals surface area contributed by atoms with Gasteiger partial charge >= 0.3 is 5.97 Å². The van der Waals surface area contributed by atoms with Crippen molar-refractivity contribution in [1.82, 2.24) is 0 Å². The predicted molar refractivity (Wildman–Crippen MR) is 55.1 cm³/mol. The van der Waals surface area contributed by atoms with Crippen molar-refractivity contribution < 1.29 is 14.3 Å². The lowest BCUT2D eigenvalue weighted by atomic mass is 10.2. The quantitative estimate of drug-likeness (QED) is 0.763. The van der Waals surface area contributed by atoms with Crippen LogP contribution in [0.3, 0.4) is 0 Å². The molecule has 0 aliphatic heterocycles. The third-order valence-electron chi connectivity index (χ3n) is 1.67. The zero-order valence-electron chi connectivity index (χ0n) is 7.57. The number of carboxylic acid groups (broad SMARTS) is 1. The molecule has 0 atom stereocenters. The molecule has 0 heterocycles. The first-order valence-electron chi connectivity index (χ1n) is 4.22. The van der Waals surface area contributed by atoms with E-state index in [4.69, 9.17) is 5.11 Å². The smallest absolute Gasteiger partial charge is 0.313 e. The highest BCUT2D eigenvalue weighted by atomic mass is 32.2. The van der Waals surface area contributed by atoms with E-state index in [9.17, 15) is 9.18 Å². The van der Waals surface area contributed by atoms with Crippen LogP contribution < -0.4 is 0 Å². The number of rotatable bonds is 5. The van der Waals surface area contributed by atoms with E-state index in [0.29, 0.717) is 0 Å². The number of hydrogen-bond acceptors (Lipinski definition) is 2. The van der Waals surface area contributed by atoms with E-state index in [1.165, 1.54) is 23.9 Å². The van der Waals surface area contributed by atoms with Crippen LogP contribution in [0.2, 0.25) is 0 Å². The molecule has 0 saturated carbocycles. The molecule has 4 heteroatoms. The SMILES string of the molecule is O=C(O)CSCCc1ccc(F)cc1. The van der Waals surface area contributed by atoms with Crippen LogP contribution in [0.1, 0.15) is 5.56 Å². The fourth-order valence-corrected chi connectivity index (χ4v) is 1.70. The minimum Gasteiger partial charge on any atom is -0.481 e. The summed E-state index contributed by atoms with van der Waals surface area (Å²) in [5.41, 5.74) is 1.03. The number of benzene rings is 1. The molecule has 0 amide bonds. The highest BCUT2D eigenvalue weighted by Crippen LogP contribution is 2.08. The van der Waals surface area contributed by atoms with Crippen LogP contribution >= 0.6 is 11.8 Å². The van der Waals surface area contributed by atoms with Crippen LogP contribution in [0.25, 0.3) is 0 Å². The summed E-state index contributed by atoms with van der Waals surface area (Å²) in [6.07, 6.45) is 0.776. The largest absolute Gasteiger partial charge is 0.481 e. The monoisotopic (exact) mass is 214 g/mol. The molecule has 0 radical (unpaired) electrons. The number of aliphatic carboxylic acids is 1. The molecule has 1 aromatic rings. The van der Waals surface area contributed by atoms with Crippen LogP contribution in [0.15, 0.2) is 24.3 Å². The Morgan fingerprint density at radius 1 is 1.36 bits per heavy atom.